The highest BCUT2D eigenvalue weighted by Gasteiger charge is 2.22. The summed E-state index contributed by atoms with van der Waals surface area (Å²) in [4.78, 5) is 0. The standard InChI is InChI=1S/C9H21NO3/c1-3-9(13,4-2)7-10-8(5-11)6-12/h8,10-13H,3-7H2,1-2H3. The minimum Gasteiger partial charge on any atom is -0.395 e. The van der Waals surface area contributed by atoms with Crippen molar-refractivity contribution in [3.8, 4) is 0 Å². The summed E-state index contributed by atoms with van der Waals surface area (Å²) >= 11 is 0. The largest absolute Gasteiger partial charge is 0.395 e. The van der Waals surface area contributed by atoms with E-state index in [9.17, 15) is 5.11 Å². The van der Waals surface area contributed by atoms with E-state index < -0.39 is 5.60 Å². The lowest BCUT2D eigenvalue weighted by Crippen LogP contribution is -2.46. The highest BCUT2D eigenvalue weighted by Crippen LogP contribution is 2.12. The van der Waals surface area contributed by atoms with Gasteiger partial charge in [-0.3, -0.25) is 0 Å². The summed E-state index contributed by atoms with van der Waals surface area (Å²) in [5, 5.41) is 30.3. The molecule has 0 atom stereocenters. The van der Waals surface area contributed by atoms with Crippen LogP contribution in [0.4, 0.5) is 0 Å². The SMILES string of the molecule is CCC(O)(CC)CNC(CO)CO. The van der Waals surface area contributed by atoms with E-state index in [1.54, 1.807) is 0 Å². The van der Waals surface area contributed by atoms with Crippen LogP contribution in [0.15, 0.2) is 0 Å². The van der Waals surface area contributed by atoms with Crippen LogP contribution >= 0.6 is 0 Å². The molecule has 0 aromatic rings. The number of hydrogen-bond donors (Lipinski definition) is 4. The molecular weight excluding hydrogens is 170 g/mol. The molecule has 0 radical (unpaired) electrons. The van der Waals surface area contributed by atoms with Gasteiger partial charge in [0.15, 0.2) is 0 Å². The van der Waals surface area contributed by atoms with Gasteiger partial charge in [0.1, 0.15) is 0 Å². The van der Waals surface area contributed by atoms with Crippen molar-refractivity contribution in [2.75, 3.05) is 19.8 Å². The molecule has 0 spiro atoms. The van der Waals surface area contributed by atoms with Crippen LogP contribution in [0.3, 0.4) is 0 Å². The fraction of sp³-hybridized carbons (Fsp3) is 1.00. The zero-order valence-electron chi connectivity index (χ0n) is 8.45. The zero-order chi connectivity index (χ0) is 10.3. The summed E-state index contributed by atoms with van der Waals surface area (Å²) in [6.45, 7) is 4.02. The number of aliphatic hydroxyl groups is 3. The first-order valence-electron chi connectivity index (χ1n) is 4.79. The van der Waals surface area contributed by atoms with Crippen LogP contribution in [0, 0.1) is 0 Å². The minimum atomic E-state index is -0.720. The van der Waals surface area contributed by atoms with Gasteiger partial charge in [-0.15, -0.1) is 0 Å². The van der Waals surface area contributed by atoms with Crippen LogP contribution in [0.5, 0.6) is 0 Å². The minimum absolute atomic E-state index is 0.111. The van der Waals surface area contributed by atoms with Gasteiger partial charge in [-0.25, -0.2) is 0 Å². The third-order valence-electron chi connectivity index (χ3n) is 2.48. The second-order valence-electron chi connectivity index (χ2n) is 3.37. The number of aliphatic hydroxyl groups excluding tert-OH is 2. The summed E-state index contributed by atoms with van der Waals surface area (Å²) in [5.41, 5.74) is -0.720. The van der Waals surface area contributed by atoms with Gasteiger partial charge in [-0.2, -0.15) is 0 Å². The first-order chi connectivity index (χ1) is 6.11. The van der Waals surface area contributed by atoms with Crippen molar-refractivity contribution in [2.24, 2.45) is 0 Å². The predicted octanol–water partition coefficient (Wildman–Crippen LogP) is -0.520. The van der Waals surface area contributed by atoms with E-state index in [-0.39, 0.29) is 19.3 Å². The van der Waals surface area contributed by atoms with E-state index in [2.05, 4.69) is 5.32 Å². The number of rotatable bonds is 7. The summed E-state index contributed by atoms with van der Waals surface area (Å²) in [6.07, 6.45) is 1.33. The average Bonchev–Trinajstić information content (AvgIpc) is 2.19. The molecule has 0 heterocycles. The second-order valence-corrected chi connectivity index (χ2v) is 3.37. The Morgan fingerprint density at radius 2 is 1.62 bits per heavy atom. The molecule has 0 bridgehead atoms. The monoisotopic (exact) mass is 191 g/mol. The topological polar surface area (TPSA) is 72.7 Å². The third kappa shape index (κ3) is 4.57. The van der Waals surface area contributed by atoms with E-state index in [1.165, 1.54) is 0 Å². The normalized spacial score (nSPS) is 12.5. The maximum absolute atomic E-state index is 9.84. The molecule has 13 heavy (non-hydrogen) atoms. The van der Waals surface area contributed by atoms with E-state index >= 15 is 0 Å². The van der Waals surface area contributed by atoms with E-state index in [4.69, 9.17) is 10.2 Å². The molecule has 4 N–H and O–H groups in total. The van der Waals surface area contributed by atoms with E-state index in [1.807, 2.05) is 13.8 Å². The molecular formula is C9H21NO3. The van der Waals surface area contributed by atoms with Crippen LogP contribution < -0.4 is 5.32 Å². The lowest BCUT2D eigenvalue weighted by atomic mass is 9.97. The van der Waals surface area contributed by atoms with Gasteiger partial charge in [-0.05, 0) is 12.8 Å². The predicted molar refractivity (Wildman–Crippen MR) is 51.5 cm³/mol. The smallest absolute Gasteiger partial charge is 0.0766 e. The Balaban J connectivity index is 3.83. The molecule has 0 aromatic carbocycles. The van der Waals surface area contributed by atoms with Crippen molar-refractivity contribution < 1.29 is 15.3 Å². The van der Waals surface area contributed by atoms with E-state index in [0.717, 1.165) is 0 Å². The van der Waals surface area contributed by atoms with Crippen LogP contribution in [-0.4, -0.2) is 46.7 Å². The number of nitrogens with one attached hydrogen (secondary N) is 1. The molecule has 0 fully saturated rings. The molecule has 0 aliphatic rings. The molecule has 0 unspecified atom stereocenters. The van der Waals surface area contributed by atoms with Crippen LogP contribution in [0.1, 0.15) is 26.7 Å². The quantitative estimate of drug-likeness (QED) is 0.437. The van der Waals surface area contributed by atoms with Crippen molar-refractivity contribution in [1.82, 2.24) is 5.32 Å². The van der Waals surface area contributed by atoms with Gasteiger partial charge >= 0.3 is 0 Å². The maximum Gasteiger partial charge on any atom is 0.0766 e. The molecule has 4 heteroatoms. The summed E-state index contributed by atoms with van der Waals surface area (Å²) in [6, 6.07) is -0.329. The molecule has 4 nitrogen and oxygen atoms in total. The maximum atomic E-state index is 9.84. The van der Waals surface area contributed by atoms with Crippen molar-refractivity contribution in [1.29, 1.82) is 0 Å². The van der Waals surface area contributed by atoms with Crippen LogP contribution in [0.25, 0.3) is 0 Å². The summed E-state index contributed by atoms with van der Waals surface area (Å²) < 4.78 is 0. The fourth-order valence-electron chi connectivity index (χ4n) is 1.02. The third-order valence-corrected chi connectivity index (χ3v) is 2.48. The molecule has 0 aromatic heterocycles. The Morgan fingerprint density at radius 1 is 1.15 bits per heavy atom. The van der Waals surface area contributed by atoms with Gasteiger partial charge in [0.25, 0.3) is 0 Å². The van der Waals surface area contributed by atoms with Gasteiger partial charge in [0.05, 0.1) is 24.9 Å². The fourth-order valence-corrected chi connectivity index (χ4v) is 1.02. The molecule has 0 aliphatic heterocycles. The zero-order valence-corrected chi connectivity index (χ0v) is 8.45. The van der Waals surface area contributed by atoms with Crippen molar-refractivity contribution in [3.05, 3.63) is 0 Å². The Labute approximate surface area is 79.6 Å². The van der Waals surface area contributed by atoms with Gasteiger partial charge < -0.3 is 20.6 Å². The second kappa shape index (κ2) is 6.32. The molecule has 0 saturated carbocycles. The molecule has 0 aliphatic carbocycles. The Bertz CT molecular complexity index is 122. The van der Waals surface area contributed by atoms with Gasteiger partial charge in [0, 0.05) is 6.54 Å². The van der Waals surface area contributed by atoms with E-state index in [0.29, 0.717) is 19.4 Å². The first kappa shape index (κ1) is 12.8. The van der Waals surface area contributed by atoms with Gasteiger partial charge in [0.2, 0.25) is 0 Å². The molecule has 80 valence electrons. The molecule has 0 amide bonds. The Kier molecular flexibility index (Phi) is 6.24. The van der Waals surface area contributed by atoms with Crippen molar-refractivity contribution in [3.63, 3.8) is 0 Å². The lowest BCUT2D eigenvalue weighted by Gasteiger charge is -2.27. The number of hydrogen-bond acceptors (Lipinski definition) is 4. The van der Waals surface area contributed by atoms with Crippen LogP contribution in [-0.2, 0) is 0 Å². The highest BCUT2D eigenvalue weighted by atomic mass is 16.3. The Hall–Kier alpha value is -0.160. The first-order valence-corrected chi connectivity index (χ1v) is 4.79. The van der Waals surface area contributed by atoms with Crippen molar-refractivity contribution in [2.45, 2.75) is 38.3 Å². The highest BCUT2D eigenvalue weighted by molar-refractivity contribution is 4.79. The Morgan fingerprint density at radius 3 is 1.92 bits per heavy atom. The molecule has 0 rings (SSSR count). The average molecular weight is 191 g/mol. The van der Waals surface area contributed by atoms with Crippen LogP contribution in [0.2, 0.25) is 0 Å². The lowest BCUT2D eigenvalue weighted by molar-refractivity contribution is 0.0248. The molecule has 0 saturated heterocycles. The summed E-state index contributed by atoms with van der Waals surface area (Å²) in [5.74, 6) is 0. The summed E-state index contributed by atoms with van der Waals surface area (Å²) in [7, 11) is 0. The van der Waals surface area contributed by atoms with Crippen molar-refractivity contribution >= 4 is 0 Å². The van der Waals surface area contributed by atoms with Gasteiger partial charge in [-0.1, -0.05) is 13.8 Å².